The number of fused-ring (bicyclic) bond motifs is 2. The van der Waals surface area contributed by atoms with Crippen LogP contribution in [0.15, 0.2) is 41.8 Å². The van der Waals surface area contributed by atoms with Crippen LogP contribution in [0.25, 0.3) is 0 Å². The summed E-state index contributed by atoms with van der Waals surface area (Å²) < 4.78 is 5.28. The molecular formula is C22H28N2O2S. The van der Waals surface area contributed by atoms with E-state index in [1.165, 1.54) is 24.1 Å². The van der Waals surface area contributed by atoms with Crippen LogP contribution in [0, 0.1) is 17.8 Å². The first-order valence-corrected chi connectivity index (χ1v) is 10.8. The Labute approximate surface area is 165 Å². The molecule has 4 nitrogen and oxygen atoms in total. The Morgan fingerprint density at radius 3 is 2.48 bits per heavy atom. The van der Waals surface area contributed by atoms with Gasteiger partial charge in [-0.2, -0.15) is 0 Å². The van der Waals surface area contributed by atoms with Gasteiger partial charge in [0, 0.05) is 22.5 Å². The van der Waals surface area contributed by atoms with Gasteiger partial charge in [0.15, 0.2) is 0 Å². The average Bonchev–Trinajstić information content (AvgIpc) is 3.19. The molecule has 0 aliphatic heterocycles. The smallest absolute Gasteiger partial charge is 0.230 e. The minimum atomic E-state index is 0.0853. The lowest BCUT2D eigenvalue weighted by Crippen LogP contribution is -2.49. The van der Waals surface area contributed by atoms with Gasteiger partial charge in [-0.25, -0.2) is 0 Å². The minimum absolute atomic E-state index is 0.0853. The number of methoxy groups -OCH3 is 1. The van der Waals surface area contributed by atoms with E-state index in [0.29, 0.717) is 18.4 Å². The fourth-order valence-corrected chi connectivity index (χ4v) is 5.52. The van der Waals surface area contributed by atoms with Gasteiger partial charge in [-0.3, -0.25) is 4.79 Å². The van der Waals surface area contributed by atoms with Crippen molar-refractivity contribution in [2.24, 2.45) is 23.5 Å². The zero-order valence-corrected chi connectivity index (χ0v) is 16.7. The Kier molecular flexibility index (Phi) is 5.50. The van der Waals surface area contributed by atoms with Crippen molar-refractivity contribution in [2.75, 3.05) is 12.0 Å². The Balaban J connectivity index is 1.58. The molecule has 1 heterocycles. The number of rotatable bonds is 5. The summed E-state index contributed by atoms with van der Waals surface area (Å²) in [5.74, 6) is 2.15. The second kappa shape index (κ2) is 8.03. The number of carbonyl (C=O) groups is 1. The van der Waals surface area contributed by atoms with Crippen LogP contribution in [0.4, 0.5) is 5.69 Å². The number of nitrogens with zero attached hydrogens (tertiary/aromatic N) is 1. The number of ether oxygens (including phenoxy) is 1. The standard InChI is InChI=1S/C22H28N2O2S/c1-26-19-9-7-18(8-10-19)24(14-20-6-3-11-27-20)22(25)17-12-15-4-2-5-16(13-17)21(15)23/h3,6-11,15-17,21H,2,4-5,12-14,23H2,1H3. The highest BCUT2D eigenvalue weighted by atomic mass is 32.1. The molecule has 2 aliphatic rings. The molecule has 0 saturated heterocycles. The van der Waals surface area contributed by atoms with Crippen LogP contribution in [-0.2, 0) is 11.3 Å². The molecule has 5 heteroatoms. The molecule has 2 aliphatic carbocycles. The summed E-state index contributed by atoms with van der Waals surface area (Å²) >= 11 is 1.70. The van der Waals surface area contributed by atoms with Gasteiger partial charge in [0.05, 0.1) is 13.7 Å². The van der Waals surface area contributed by atoms with Crippen LogP contribution >= 0.6 is 11.3 Å². The number of anilines is 1. The molecule has 2 atom stereocenters. The van der Waals surface area contributed by atoms with Crippen molar-refractivity contribution in [1.82, 2.24) is 0 Å². The van der Waals surface area contributed by atoms with Gasteiger partial charge in [0.1, 0.15) is 5.75 Å². The van der Waals surface area contributed by atoms with Gasteiger partial charge in [-0.05, 0) is 73.2 Å². The summed E-state index contributed by atoms with van der Waals surface area (Å²) in [5.41, 5.74) is 7.38. The number of hydrogen-bond donors (Lipinski definition) is 1. The third-order valence-electron chi connectivity index (χ3n) is 6.31. The van der Waals surface area contributed by atoms with Crippen LogP contribution in [-0.4, -0.2) is 19.1 Å². The van der Waals surface area contributed by atoms with E-state index < -0.39 is 0 Å². The van der Waals surface area contributed by atoms with Crippen molar-refractivity contribution < 1.29 is 9.53 Å². The van der Waals surface area contributed by atoms with Gasteiger partial charge in [-0.1, -0.05) is 12.5 Å². The molecule has 27 heavy (non-hydrogen) atoms. The summed E-state index contributed by atoms with van der Waals surface area (Å²) in [6.07, 6.45) is 5.49. The van der Waals surface area contributed by atoms with Crippen molar-refractivity contribution in [3.63, 3.8) is 0 Å². The SMILES string of the molecule is COc1ccc(N(Cc2cccs2)C(=O)C2CC3CCCC(C2)C3N)cc1. The minimum Gasteiger partial charge on any atom is -0.497 e. The quantitative estimate of drug-likeness (QED) is 0.829. The number of benzene rings is 1. The molecule has 1 amide bonds. The van der Waals surface area contributed by atoms with E-state index in [0.717, 1.165) is 24.3 Å². The fourth-order valence-electron chi connectivity index (χ4n) is 4.83. The van der Waals surface area contributed by atoms with Crippen LogP contribution < -0.4 is 15.4 Å². The van der Waals surface area contributed by atoms with Gasteiger partial charge in [-0.15, -0.1) is 11.3 Å². The number of nitrogens with two attached hydrogens (primary N) is 1. The van der Waals surface area contributed by atoms with E-state index in [1.807, 2.05) is 35.2 Å². The molecule has 2 saturated carbocycles. The fraction of sp³-hybridized carbons (Fsp3) is 0.500. The maximum absolute atomic E-state index is 13.6. The molecular weight excluding hydrogens is 356 g/mol. The first kappa shape index (κ1) is 18.5. The molecule has 2 unspecified atom stereocenters. The third-order valence-corrected chi connectivity index (χ3v) is 7.17. The van der Waals surface area contributed by atoms with E-state index in [4.69, 9.17) is 10.5 Å². The van der Waals surface area contributed by atoms with Crippen molar-refractivity contribution in [3.05, 3.63) is 46.7 Å². The van der Waals surface area contributed by atoms with Crippen molar-refractivity contribution in [3.8, 4) is 5.75 Å². The summed E-state index contributed by atoms with van der Waals surface area (Å²) in [5, 5.41) is 2.07. The van der Waals surface area contributed by atoms with E-state index in [9.17, 15) is 4.79 Å². The van der Waals surface area contributed by atoms with Crippen LogP contribution in [0.1, 0.15) is 37.0 Å². The van der Waals surface area contributed by atoms with E-state index in [1.54, 1.807) is 18.4 Å². The van der Waals surface area contributed by atoms with Crippen LogP contribution in [0.5, 0.6) is 5.75 Å². The van der Waals surface area contributed by atoms with Crippen molar-refractivity contribution in [1.29, 1.82) is 0 Å². The largest absolute Gasteiger partial charge is 0.497 e. The molecule has 1 aromatic heterocycles. The lowest BCUT2D eigenvalue weighted by atomic mass is 9.65. The normalized spacial score (nSPS) is 27.2. The zero-order chi connectivity index (χ0) is 18.8. The predicted octanol–water partition coefficient (Wildman–Crippen LogP) is 4.44. The van der Waals surface area contributed by atoms with E-state index in [2.05, 4.69) is 11.4 Å². The maximum atomic E-state index is 13.6. The molecule has 2 bridgehead atoms. The Hall–Kier alpha value is -1.85. The van der Waals surface area contributed by atoms with Crippen molar-refractivity contribution in [2.45, 2.75) is 44.7 Å². The topological polar surface area (TPSA) is 55.6 Å². The lowest BCUT2D eigenvalue weighted by molar-refractivity contribution is -0.125. The van der Waals surface area contributed by atoms with Crippen LogP contribution in [0.2, 0.25) is 0 Å². The second-order valence-corrected chi connectivity index (χ2v) is 8.93. The summed E-state index contributed by atoms with van der Waals surface area (Å²) in [6, 6.07) is 12.3. The Morgan fingerprint density at radius 2 is 1.89 bits per heavy atom. The number of amides is 1. The first-order chi connectivity index (χ1) is 13.2. The monoisotopic (exact) mass is 384 g/mol. The van der Waals surface area contributed by atoms with Gasteiger partial charge in [0.2, 0.25) is 5.91 Å². The molecule has 144 valence electrons. The summed E-state index contributed by atoms with van der Waals surface area (Å²) in [6.45, 7) is 0.626. The van der Waals surface area contributed by atoms with E-state index >= 15 is 0 Å². The van der Waals surface area contributed by atoms with E-state index in [-0.39, 0.29) is 17.9 Å². The zero-order valence-electron chi connectivity index (χ0n) is 15.8. The van der Waals surface area contributed by atoms with Gasteiger partial charge < -0.3 is 15.4 Å². The third kappa shape index (κ3) is 3.90. The summed E-state index contributed by atoms with van der Waals surface area (Å²) in [7, 11) is 1.66. The average molecular weight is 385 g/mol. The molecule has 1 aromatic carbocycles. The first-order valence-electron chi connectivity index (χ1n) is 9.89. The van der Waals surface area contributed by atoms with Crippen LogP contribution in [0.3, 0.4) is 0 Å². The van der Waals surface area contributed by atoms with Gasteiger partial charge >= 0.3 is 0 Å². The summed E-state index contributed by atoms with van der Waals surface area (Å²) in [4.78, 5) is 16.7. The number of hydrogen-bond acceptors (Lipinski definition) is 4. The number of carbonyl (C=O) groups excluding carboxylic acids is 1. The molecule has 2 N–H and O–H groups in total. The lowest BCUT2D eigenvalue weighted by Gasteiger charge is -2.44. The second-order valence-electron chi connectivity index (χ2n) is 7.90. The molecule has 0 radical (unpaired) electrons. The Morgan fingerprint density at radius 1 is 1.19 bits per heavy atom. The highest BCUT2D eigenvalue weighted by Crippen LogP contribution is 2.43. The predicted molar refractivity (Wildman–Crippen MR) is 110 cm³/mol. The molecule has 2 fully saturated rings. The maximum Gasteiger partial charge on any atom is 0.230 e. The highest BCUT2D eigenvalue weighted by Gasteiger charge is 2.41. The molecule has 4 rings (SSSR count). The van der Waals surface area contributed by atoms with Gasteiger partial charge in [0.25, 0.3) is 0 Å². The number of thiophene rings is 1. The Bertz CT molecular complexity index is 745. The molecule has 0 spiro atoms. The van der Waals surface area contributed by atoms with Crippen molar-refractivity contribution >= 4 is 22.9 Å². The highest BCUT2D eigenvalue weighted by molar-refractivity contribution is 7.09. The molecule has 2 aromatic rings.